The van der Waals surface area contributed by atoms with Gasteiger partial charge in [0.1, 0.15) is 7.28 Å². The molecule has 0 aliphatic rings. The van der Waals surface area contributed by atoms with Crippen molar-refractivity contribution in [3.63, 3.8) is 0 Å². The second kappa shape index (κ2) is 4.59. The van der Waals surface area contributed by atoms with Crippen LogP contribution in [0, 0.1) is 11.3 Å². The highest BCUT2D eigenvalue weighted by Gasteiger charge is 2.43. The summed E-state index contributed by atoms with van der Waals surface area (Å²) in [5.41, 5.74) is 0.215. The summed E-state index contributed by atoms with van der Waals surface area (Å²) in [7, 11) is 14.7. The molecule has 0 rings (SSSR count). The summed E-state index contributed by atoms with van der Waals surface area (Å²) in [5.74, 6) is 0.362. The molecule has 0 amide bonds. The van der Waals surface area contributed by atoms with E-state index in [-0.39, 0.29) is 10.7 Å². The van der Waals surface area contributed by atoms with Gasteiger partial charge in [-0.3, -0.25) is 0 Å². The third kappa shape index (κ3) is 2.85. The maximum atomic E-state index is 6.45. The van der Waals surface area contributed by atoms with Crippen LogP contribution in [0.1, 0.15) is 48.0 Å². The molecule has 0 N–H and O–H groups in total. The number of rotatable bonds is 5. The van der Waals surface area contributed by atoms with E-state index in [0.29, 0.717) is 5.92 Å². The summed E-state index contributed by atoms with van der Waals surface area (Å²) in [6.07, 6.45) is 1.11. The maximum absolute atomic E-state index is 6.45. The van der Waals surface area contributed by atoms with E-state index in [1.54, 1.807) is 0 Å². The van der Waals surface area contributed by atoms with Crippen LogP contribution in [0.4, 0.5) is 0 Å². The van der Waals surface area contributed by atoms with E-state index < -0.39 is 5.21 Å². The molecule has 0 saturated heterocycles. The van der Waals surface area contributed by atoms with Crippen molar-refractivity contribution >= 4 is 23.0 Å². The molecule has 0 aromatic carbocycles. The summed E-state index contributed by atoms with van der Waals surface area (Å²) in [4.78, 5) is 0. The van der Waals surface area contributed by atoms with Crippen LogP contribution >= 0.6 is 0 Å². The van der Waals surface area contributed by atoms with Crippen LogP contribution in [0.2, 0.25) is 17.4 Å². The van der Waals surface area contributed by atoms with Crippen molar-refractivity contribution in [3.05, 3.63) is 0 Å². The van der Waals surface area contributed by atoms with Crippen LogP contribution in [-0.2, 0) is 0 Å². The molecule has 0 spiro atoms. The highest BCUT2D eigenvalue weighted by atomic mass is 14.4. The highest BCUT2D eigenvalue weighted by molar-refractivity contribution is 6.55. The Morgan fingerprint density at radius 2 is 1.53 bits per heavy atom. The molecule has 0 heterocycles. The van der Waals surface area contributed by atoms with Crippen molar-refractivity contribution in [1.82, 2.24) is 0 Å². The summed E-state index contributed by atoms with van der Waals surface area (Å²) < 4.78 is 0. The normalized spacial score (nSPS) is 22.6. The van der Waals surface area contributed by atoms with Gasteiger partial charge in [0.25, 0.3) is 0 Å². The molecule has 0 saturated carbocycles. The second-order valence-corrected chi connectivity index (χ2v) is 5.92. The molecule has 0 aliphatic heterocycles. The van der Waals surface area contributed by atoms with Crippen molar-refractivity contribution in [2.45, 2.75) is 65.3 Å². The highest BCUT2D eigenvalue weighted by Crippen LogP contribution is 2.57. The van der Waals surface area contributed by atoms with Gasteiger partial charge in [-0.1, -0.05) is 65.3 Å². The first-order chi connectivity index (χ1) is 6.53. The van der Waals surface area contributed by atoms with Gasteiger partial charge in [0, 0.05) is 0 Å². The molecular weight excluding hydrogens is 177 g/mol. The zero-order valence-electron chi connectivity index (χ0n) is 11.5. The Balaban J connectivity index is 5.04. The Morgan fingerprint density at radius 3 is 1.80 bits per heavy atom. The van der Waals surface area contributed by atoms with E-state index in [1.165, 1.54) is 0 Å². The second-order valence-electron chi connectivity index (χ2n) is 5.92. The van der Waals surface area contributed by atoms with E-state index in [1.807, 2.05) is 21.0 Å². The van der Waals surface area contributed by atoms with Crippen molar-refractivity contribution in [1.29, 1.82) is 0 Å². The quantitative estimate of drug-likeness (QED) is 0.597. The van der Waals surface area contributed by atoms with Crippen LogP contribution in [0.25, 0.3) is 0 Å². The Morgan fingerprint density at radius 1 is 1.13 bits per heavy atom. The van der Waals surface area contributed by atoms with Crippen LogP contribution in [0.15, 0.2) is 0 Å². The Hall–Kier alpha value is 0.195. The van der Waals surface area contributed by atoms with Gasteiger partial charge in [-0.05, 0) is 11.3 Å². The molecule has 5 radical (unpaired) electrons. The summed E-state index contributed by atoms with van der Waals surface area (Å²) in [6, 6.07) is 0. The van der Waals surface area contributed by atoms with Gasteiger partial charge < -0.3 is 0 Å². The Bertz CT molecular complexity index is 207. The molecule has 3 unspecified atom stereocenters. The molecule has 0 aromatic rings. The van der Waals surface area contributed by atoms with Crippen molar-refractivity contribution in [2.24, 2.45) is 11.3 Å². The van der Waals surface area contributed by atoms with Gasteiger partial charge >= 0.3 is 0 Å². The van der Waals surface area contributed by atoms with Gasteiger partial charge in [-0.25, -0.2) is 0 Å². The first kappa shape index (κ1) is 15.2. The predicted molar refractivity (Wildman–Crippen MR) is 73.1 cm³/mol. The van der Waals surface area contributed by atoms with Crippen molar-refractivity contribution in [2.75, 3.05) is 0 Å². The van der Waals surface area contributed by atoms with E-state index in [2.05, 4.69) is 34.6 Å². The van der Waals surface area contributed by atoms with Crippen LogP contribution in [0.5, 0.6) is 0 Å². The van der Waals surface area contributed by atoms with E-state index >= 15 is 0 Å². The maximum Gasteiger partial charge on any atom is 0.102 e. The first-order valence-corrected chi connectivity index (χ1v) is 5.91. The van der Waals surface area contributed by atoms with E-state index in [4.69, 9.17) is 15.7 Å². The van der Waals surface area contributed by atoms with Crippen LogP contribution < -0.4 is 0 Å². The zero-order valence-corrected chi connectivity index (χ0v) is 11.5. The Kier molecular flexibility index (Phi) is 4.65. The molecular formula is C12H24B3. The molecule has 81 valence electrons. The lowest BCUT2D eigenvalue weighted by Crippen LogP contribution is -2.41. The fourth-order valence-corrected chi connectivity index (χ4v) is 1.90. The largest absolute Gasteiger partial charge is 0.102 e. The lowest BCUT2D eigenvalue weighted by atomic mass is 9.27. The van der Waals surface area contributed by atoms with Gasteiger partial charge in [0.2, 0.25) is 0 Å². The topological polar surface area (TPSA) is 0 Å². The Labute approximate surface area is 100 Å². The van der Waals surface area contributed by atoms with Crippen LogP contribution in [-0.4, -0.2) is 23.0 Å². The monoisotopic (exact) mass is 201 g/mol. The van der Waals surface area contributed by atoms with Crippen LogP contribution in [0.3, 0.4) is 0 Å². The molecule has 0 aliphatic carbocycles. The van der Waals surface area contributed by atoms with Crippen molar-refractivity contribution < 1.29 is 0 Å². The molecule has 0 fully saturated rings. The predicted octanol–water partition coefficient (Wildman–Crippen LogP) is 3.46. The summed E-state index contributed by atoms with van der Waals surface area (Å²) in [6.45, 7) is 15.0. The molecule has 15 heavy (non-hydrogen) atoms. The SMILES string of the molecule is [B]C(C)([B]C)C([B])(C)C(C)C(C)(C)CC. The minimum absolute atomic E-state index is 0.215. The van der Waals surface area contributed by atoms with E-state index in [0.717, 1.165) is 6.42 Å². The minimum Gasteiger partial charge on any atom is -0.0962 e. The lowest BCUT2D eigenvalue weighted by Gasteiger charge is -2.52. The zero-order chi connectivity index (χ0) is 12.5. The smallest absolute Gasteiger partial charge is 0.0962 e. The fraction of sp³-hybridized carbons (Fsp3) is 1.00. The molecule has 0 nitrogen and oxygen atoms in total. The molecule has 0 bridgehead atoms. The number of hydrogen-bond acceptors (Lipinski definition) is 0. The molecule has 3 atom stereocenters. The molecule has 3 heteroatoms. The average molecular weight is 201 g/mol. The third-order valence-corrected chi connectivity index (χ3v) is 4.74. The van der Waals surface area contributed by atoms with E-state index in [9.17, 15) is 0 Å². The number of hydrogen-bond donors (Lipinski definition) is 0. The lowest BCUT2D eigenvalue weighted by molar-refractivity contribution is 0.159. The van der Waals surface area contributed by atoms with Crippen molar-refractivity contribution in [3.8, 4) is 0 Å². The third-order valence-electron chi connectivity index (χ3n) is 4.74. The minimum atomic E-state index is -0.432. The first-order valence-electron chi connectivity index (χ1n) is 5.91. The summed E-state index contributed by atoms with van der Waals surface area (Å²) in [5, 5.41) is -0.819. The van der Waals surface area contributed by atoms with Gasteiger partial charge in [0.15, 0.2) is 0 Å². The van der Waals surface area contributed by atoms with Gasteiger partial charge in [0.05, 0.1) is 15.7 Å². The average Bonchev–Trinajstić information content (AvgIpc) is 2.16. The molecule has 0 aromatic heterocycles. The fourth-order valence-electron chi connectivity index (χ4n) is 1.90. The van der Waals surface area contributed by atoms with Gasteiger partial charge in [-0.2, -0.15) is 0 Å². The standard InChI is InChI=1S/C12H24B3/c1-8-10(3,4)9(2)11(5,13)12(6,14)15-7/h9H,8H2,1-7H3. The van der Waals surface area contributed by atoms with Gasteiger partial charge in [-0.15, -0.1) is 0 Å². The summed E-state index contributed by atoms with van der Waals surface area (Å²) >= 11 is 0.